The van der Waals surface area contributed by atoms with Crippen molar-refractivity contribution in [3.63, 3.8) is 0 Å². The molecule has 0 saturated heterocycles. The molecule has 0 unspecified atom stereocenters. The van der Waals surface area contributed by atoms with Gasteiger partial charge in [-0.1, -0.05) is 0 Å². The van der Waals surface area contributed by atoms with E-state index in [-0.39, 0.29) is 0 Å². The zero-order valence-electron chi connectivity index (χ0n) is 4.68. The SMILES string of the molecule is Cc1cc[c]([Sn])cn1. The van der Waals surface area contributed by atoms with Crippen LogP contribution >= 0.6 is 0 Å². The van der Waals surface area contributed by atoms with Gasteiger partial charge in [-0.05, 0) is 0 Å². The Balaban J connectivity index is 3.03. The summed E-state index contributed by atoms with van der Waals surface area (Å²) in [6, 6.07) is 4.13. The monoisotopic (exact) mass is 212 g/mol. The molecule has 0 aliphatic rings. The third-order valence-corrected chi connectivity index (χ3v) is 1.76. The van der Waals surface area contributed by atoms with E-state index < -0.39 is 0 Å². The molecular formula is C6H6NSn. The third-order valence-electron chi connectivity index (χ3n) is 0.911. The first-order chi connectivity index (χ1) is 3.79. The van der Waals surface area contributed by atoms with Crippen LogP contribution in [0.4, 0.5) is 0 Å². The molecule has 0 fully saturated rings. The predicted molar refractivity (Wildman–Crippen MR) is 34.4 cm³/mol. The van der Waals surface area contributed by atoms with Crippen LogP contribution in [-0.4, -0.2) is 27.5 Å². The zero-order chi connectivity index (χ0) is 5.98. The quantitative estimate of drug-likeness (QED) is 0.558. The number of aromatic nitrogens is 1. The number of hydrogen-bond donors (Lipinski definition) is 0. The number of pyridine rings is 1. The van der Waals surface area contributed by atoms with Crippen molar-refractivity contribution in [1.29, 1.82) is 0 Å². The van der Waals surface area contributed by atoms with E-state index in [0.717, 1.165) is 5.69 Å². The molecule has 3 radical (unpaired) electrons. The second-order valence-electron chi connectivity index (χ2n) is 1.69. The molecule has 8 heavy (non-hydrogen) atoms. The van der Waals surface area contributed by atoms with E-state index in [1.165, 1.54) is 26.1 Å². The Morgan fingerprint density at radius 1 is 1.50 bits per heavy atom. The van der Waals surface area contributed by atoms with Gasteiger partial charge in [0.25, 0.3) is 0 Å². The van der Waals surface area contributed by atoms with Crippen LogP contribution < -0.4 is 3.58 Å². The van der Waals surface area contributed by atoms with Gasteiger partial charge in [-0.15, -0.1) is 0 Å². The average molecular weight is 211 g/mol. The average Bonchev–Trinajstić information content (AvgIpc) is 1.77. The van der Waals surface area contributed by atoms with Crippen LogP contribution in [0.5, 0.6) is 0 Å². The van der Waals surface area contributed by atoms with Gasteiger partial charge in [0.15, 0.2) is 0 Å². The summed E-state index contributed by atoms with van der Waals surface area (Å²) < 4.78 is 1.31. The molecule has 0 spiro atoms. The van der Waals surface area contributed by atoms with Gasteiger partial charge in [-0.25, -0.2) is 0 Å². The Bertz CT molecular complexity index is 147. The van der Waals surface area contributed by atoms with E-state index in [0.29, 0.717) is 0 Å². The van der Waals surface area contributed by atoms with Crippen LogP contribution in [-0.2, 0) is 0 Å². The van der Waals surface area contributed by atoms with Crippen molar-refractivity contribution in [3.8, 4) is 0 Å². The summed E-state index contributed by atoms with van der Waals surface area (Å²) in [5.41, 5.74) is 1.09. The van der Waals surface area contributed by atoms with Gasteiger partial charge < -0.3 is 0 Å². The Morgan fingerprint density at radius 3 is 2.62 bits per heavy atom. The maximum absolute atomic E-state index is 4.10. The molecule has 0 aliphatic heterocycles. The maximum atomic E-state index is 4.10. The molecule has 1 aromatic rings. The summed E-state index contributed by atoms with van der Waals surface area (Å²) in [6.07, 6.45) is 1.91. The molecule has 0 atom stereocenters. The molecule has 0 saturated carbocycles. The molecule has 1 heterocycles. The number of hydrogen-bond acceptors (Lipinski definition) is 1. The van der Waals surface area contributed by atoms with Crippen LogP contribution in [0.3, 0.4) is 0 Å². The molecule has 1 aromatic heterocycles. The first-order valence-corrected chi connectivity index (χ1v) is 3.86. The third kappa shape index (κ3) is 1.47. The van der Waals surface area contributed by atoms with Gasteiger partial charge in [-0.3, -0.25) is 0 Å². The number of rotatable bonds is 0. The van der Waals surface area contributed by atoms with Crippen molar-refractivity contribution < 1.29 is 0 Å². The molecule has 0 aromatic carbocycles. The molecule has 0 bridgehead atoms. The van der Waals surface area contributed by atoms with Crippen molar-refractivity contribution in [3.05, 3.63) is 24.0 Å². The van der Waals surface area contributed by atoms with E-state index in [2.05, 4.69) is 11.1 Å². The standard InChI is InChI=1S/C6H6N.Sn/c1-6-4-2-3-5-7-6;/h2,4-5H,1H3;. The summed E-state index contributed by atoms with van der Waals surface area (Å²) in [4.78, 5) is 4.10. The number of aryl methyl sites for hydroxylation is 1. The minimum atomic E-state index is 1.09. The Kier molecular flexibility index (Phi) is 1.89. The second kappa shape index (κ2) is 2.48. The summed E-state index contributed by atoms with van der Waals surface area (Å²) in [5, 5.41) is 0. The van der Waals surface area contributed by atoms with Crippen LogP contribution in [0.2, 0.25) is 0 Å². The van der Waals surface area contributed by atoms with E-state index >= 15 is 0 Å². The summed E-state index contributed by atoms with van der Waals surface area (Å²) in [6.45, 7) is 2.00. The molecule has 1 nitrogen and oxygen atoms in total. The predicted octanol–water partition coefficient (Wildman–Crippen LogP) is 0.184. The van der Waals surface area contributed by atoms with Crippen molar-refractivity contribution in [2.45, 2.75) is 6.92 Å². The topological polar surface area (TPSA) is 12.9 Å². The fraction of sp³-hybridized carbons (Fsp3) is 0.167. The van der Waals surface area contributed by atoms with Crippen molar-refractivity contribution in [2.75, 3.05) is 0 Å². The van der Waals surface area contributed by atoms with Gasteiger partial charge >= 0.3 is 62.0 Å². The van der Waals surface area contributed by atoms with Gasteiger partial charge in [0, 0.05) is 0 Å². The fourth-order valence-corrected chi connectivity index (χ4v) is 0.890. The van der Waals surface area contributed by atoms with E-state index in [4.69, 9.17) is 0 Å². The molecule has 1 rings (SSSR count). The van der Waals surface area contributed by atoms with Crippen LogP contribution in [0.1, 0.15) is 5.69 Å². The second-order valence-corrected chi connectivity index (χ2v) is 3.34. The summed E-state index contributed by atoms with van der Waals surface area (Å²) in [7, 11) is 0. The zero-order valence-corrected chi connectivity index (χ0v) is 7.53. The van der Waals surface area contributed by atoms with Crippen LogP contribution in [0.15, 0.2) is 18.3 Å². The molecule has 0 amide bonds. The number of nitrogens with zero attached hydrogens (tertiary/aromatic N) is 1. The minimum absolute atomic E-state index is 1.09. The molecule has 0 aliphatic carbocycles. The van der Waals surface area contributed by atoms with Gasteiger partial charge in [0.05, 0.1) is 0 Å². The van der Waals surface area contributed by atoms with Crippen molar-refractivity contribution in [2.24, 2.45) is 0 Å². The Morgan fingerprint density at radius 2 is 2.25 bits per heavy atom. The van der Waals surface area contributed by atoms with Gasteiger partial charge in [0.1, 0.15) is 0 Å². The summed E-state index contributed by atoms with van der Waals surface area (Å²) >= 11 is 1.43. The van der Waals surface area contributed by atoms with Crippen molar-refractivity contribution in [1.82, 2.24) is 4.98 Å². The van der Waals surface area contributed by atoms with Crippen LogP contribution in [0.25, 0.3) is 0 Å². The fourth-order valence-electron chi connectivity index (χ4n) is 0.468. The van der Waals surface area contributed by atoms with Gasteiger partial charge in [-0.2, -0.15) is 0 Å². The first kappa shape index (κ1) is 6.07. The normalized spacial score (nSPS) is 9.25. The van der Waals surface area contributed by atoms with E-state index in [9.17, 15) is 0 Å². The van der Waals surface area contributed by atoms with Crippen molar-refractivity contribution >= 4 is 26.1 Å². The Hall–Kier alpha value is -0.0513. The molecular weight excluding hydrogens is 205 g/mol. The molecule has 39 valence electrons. The Labute approximate surface area is 62.2 Å². The van der Waals surface area contributed by atoms with Gasteiger partial charge in [0.2, 0.25) is 0 Å². The van der Waals surface area contributed by atoms with Crippen LogP contribution in [0, 0.1) is 6.92 Å². The molecule has 0 N–H and O–H groups in total. The summed E-state index contributed by atoms with van der Waals surface area (Å²) in [5.74, 6) is 0. The first-order valence-electron chi connectivity index (χ1n) is 2.43. The molecule has 2 heteroatoms. The van der Waals surface area contributed by atoms with E-state index in [1.54, 1.807) is 0 Å². The van der Waals surface area contributed by atoms with E-state index in [1.807, 2.05) is 19.2 Å².